The first-order valence-electron chi connectivity index (χ1n) is 8.62. The van der Waals surface area contributed by atoms with E-state index in [4.69, 9.17) is 16.1 Å². The monoisotopic (exact) mass is 413 g/mol. The molecule has 27 heavy (non-hydrogen) atoms. The van der Waals surface area contributed by atoms with Gasteiger partial charge >= 0.3 is 0 Å². The number of aromatic nitrogens is 1. The molecule has 1 aromatic heterocycles. The van der Waals surface area contributed by atoms with Crippen molar-refractivity contribution in [2.75, 3.05) is 0 Å². The van der Waals surface area contributed by atoms with Gasteiger partial charge < -0.3 is 9.84 Å². The molecule has 0 bridgehead atoms. The molecule has 148 valence electrons. The summed E-state index contributed by atoms with van der Waals surface area (Å²) < 4.78 is 31.8. The van der Waals surface area contributed by atoms with Crippen LogP contribution >= 0.6 is 11.6 Å². The van der Waals surface area contributed by atoms with Gasteiger partial charge in [0.25, 0.3) is 0 Å². The lowest BCUT2D eigenvalue weighted by molar-refractivity contribution is -0.121. The Kier molecular flexibility index (Phi) is 7.41. The Hall–Kier alpha value is -1.90. The van der Waals surface area contributed by atoms with Crippen LogP contribution in [0.4, 0.5) is 0 Å². The van der Waals surface area contributed by atoms with Crippen LogP contribution in [-0.4, -0.2) is 25.5 Å². The number of hydrogen-bond donors (Lipinski definition) is 2. The number of carbonyl (C=O) groups is 1. The normalized spacial score (nSPS) is 11.7. The topological polar surface area (TPSA) is 101 Å². The highest BCUT2D eigenvalue weighted by Crippen LogP contribution is 2.20. The standard InChI is InChI=1S/C18H24ClN3O4S/c1-12(2)22-27(24,25)11-15-7-5-4-6-14(15)10-20-17(23)9-8-16-13(3)21-26-18(16)19/h4-7,12,22H,8-11H2,1-3H3,(H,20,23). The molecule has 2 N–H and O–H groups in total. The molecule has 2 rings (SSSR count). The molecule has 2 aromatic rings. The van der Waals surface area contributed by atoms with E-state index in [1.54, 1.807) is 32.9 Å². The van der Waals surface area contributed by atoms with E-state index in [0.29, 0.717) is 17.7 Å². The first-order chi connectivity index (χ1) is 12.7. The number of aryl methyl sites for hydroxylation is 1. The molecule has 0 aliphatic rings. The predicted octanol–water partition coefficient (Wildman–Crippen LogP) is 2.71. The molecule has 0 fully saturated rings. The zero-order valence-corrected chi connectivity index (χ0v) is 17.2. The summed E-state index contributed by atoms with van der Waals surface area (Å²) in [7, 11) is -3.44. The molecule has 0 saturated heterocycles. The molecule has 1 amide bonds. The van der Waals surface area contributed by atoms with Crippen molar-refractivity contribution in [2.45, 2.75) is 52.0 Å². The molecule has 1 aromatic carbocycles. The van der Waals surface area contributed by atoms with Crippen molar-refractivity contribution < 1.29 is 17.7 Å². The fourth-order valence-corrected chi connectivity index (χ4v) is 4.40. The van der Waals surface area contributed by atoms with Gasteiger partial charge in [0.05, 0.1) is 11.4 Å². The Morgan fingerprint density at radius 1 is 1.26 bits per heavy atom. The number of hydrogen-bond acceptors (Lipinski definition) is 5. The number of nitrogens with one attached hydrogen (secondary N) is 2. The van der Waals surface area contributed by atoms with Crippen molar-refractivity contribution in [3.8, 4) is 0 Å². The Morgan fingerprint density at radius 2 is 1.93 bits per heavy atom. The van der Waals surface area contributed by atoms with Gasteiger partial charge in [0.1, 0.15) is 0 Å². The molecule has 0 unspecified atom stereocenters. The van der Waals surface area contributed by atoms with Gasteiger partial charge in [0, 0.05) is 24.6 Å². The van der Waals surface area contributed by atoms with Crippen molar-refractivity contribution in [3.63, 3.8) is 0 Å². The number of halogens is 1. The van der Waals surface area contributed by atoms with E-state index in [9.17, 15) is 13.2 Å². The van der Waals surface area contributed by atoms with E-state index >= 15 is 0 Å². The molecule has 0 saturated carbocycles. The van der Waals surface area contributed by atoms with Gasteiger partial charge in [-0.2, -0.15) is 0 Å². The largest absolute Gasteiger partial charge is 0.352 e. The summed E-state index contributed by atoms with van der Waals surface area (Å²) in [4.78, 5) is 12.1. The third-order valence-electron chi connectivity index (χ3n) is 3.89. The third-order valence-corrected chi connectivity index (χ3v) is 5.71. The number of carbonyl (C=O) groups excluding carboxylic acids is 1. The van der Waals surface area contributed by atoms with Crippen molar-refractivity contribution in [1.82, 2.24) is 15.2 Å². The molecule has 9 heteroatoms. The summed E-state index contributed by atoms with van der Waals surface area (Å²) in [5.74, 6) is -0.295. The van der Waals surface area contributed by atoms with E-state index in [1.165, 1.54) is 0 Å². The molecule has 0 atom stereocenters. The van der Waals surface area contributed by atoms with Crippen LogP contribution in [0, 0.1) is 6.92 Å². The summed E-state index contributed by atoms with van der Waals surface area (Å²) >= 11 is 5.90. The molecule has 1 heterocycles. The Labute approximate surface area is 164 Å². The summed E-state index contributed by atoms with van der Waals surface area (Å²) in [6.45, 7) is 5.56. The minimum Gasteiger partial charge on any atom is -0.352 e. The zero-order chi connectivity index (χ0) is 20.0. The minimum absolute atomic E-state index is 0.132. The second kappa shape index (κ2) is 9.34. The maximum atomic E-state index is 12.2. The number of amides is 1. The van der Waals surface area contributed by atoms with Crippen LogP contribution in [-0.2, 0) is 33.5 Å². The Morgan fingerprint density at radius 3 is 2.52 bits per heavy atom. The Bertz CT molecular complexity index is 874. The van der Waals surface area contributed by atoms with Gasteiger partial charge in [0.2, 0.25) is 21.1 Å². The van der Waals surface area contributed by atoms with Crippen molar-refractivity contribution in [2.24, 2.45) is 0 Å². The van der Waals surface area contributed by atoms with E-state index in [2.05, 4.69) is 15.2 Å². The zero-order valence-electron chi connectivity index (χ0n) is 15.6. The fourth-order valence-electron chi connectivity index (χ4n) is 2.64. The van der Waals surface area contributed by atoms with Crippen LogP contribution in [0.1, 0.15) is 42.7 Å². The minimum atomic E-state index is -3.44. The first kappa shape index (κ1) is 21.4. The van der Waals surface area contributed by atoms with Crippen molar-refractivity contribution in [1.29, 1.82) is 0 Å². The number of nitrogens with zero attached hydrogens (tertiary/aromatic N) is 1. The quantitative estimate of drug-likeness (QED) is 0.658. The van der Waals surface area contributed by atoms with Gasteiger partial charge in [-0.1, -0.05) is 29.4 Å². The van der Waals surface area contributed by atoms with Crippen LogP contribution in [0.25, 0.3) is 0 Å². The summed E-state index contributed by atoms with van der Waals surface area (Å²) in [6.07, 6.45) is 0.658. The predicted molar refractivity (Wildman–Crippen MR) is 104 cm³/mol. The van der Waals surface area contributed by atoms with Crippen LogP contribution in [0.5, 0.6) is 0 Å². The summed E-state index contributed by atoms with van der Waals surface area (Å²) in [5.41, 5.74) is 2.81. The van der Waals surface area contributed by atoms with Gasteiger partial charge in [-0.15, -0.1) is 0 Å². The highest BCUT2D eigenvalue weighted by Gasteiger charge is 2.16. The van der Waals surface area contributed by atoms with Crippen molar-refractivity contribution in [3.05, 3.63) is 51.9 Å². The molecular weight excluding hydrogens is 390 g/mol. The molecular formula is C18H24ClN3O4S. The van der Waals surface area contributed by atoms with E-state index in [-0.39, 0.29) is 35.9 Å². The third kappa shape index (κ3) is 6.64. The maximum absolute atomic E-state index is 12.2. The van der Waals surface area contributed by atoms with Crippen LogP contribution < -0.4 is 10.0 Å². The Balaban J connectivity index is 1.95. The second-order valence-corrected chi connectivity index (χ2v) is 8.69. The molecule has 0 radical (unpaired) electrons. The average Bonchev–Trinajstić information content (AvgIpc) is 2.89. The van der Waals surface area contributed by atoms with E-state index in [0.717, 1.165) is 11.1 Å². The van der Waals surface area contributed by atoms with Gasteiger partial charge in [-0.05, 0) is 49.9 Å². The number of benzene rings is 1. The molecule has 0 spiro atoms. The van der Waals surface area contributed by atoms with Crippen LogP contribution in [0.2, 0.25) is 5.22 Å². The maximum Gasteiger partial charge on any atom is 0.229 e. The van der Waals surface area contributed by atoms with E-state index < -0.39 is 10.0 Å². The summed E-state index contributed by atoms with van der Waals surface area (Å²) in [5, 5.41) is 6.77. The van der Waals surface area contributed by atoms with Gasteiger partial charge in [0.15, 0.2) is 0 Å². The lowest BCUT2D eigenvalue weighted by Gasteiger charge is -2.13. The molecule has 0 aliphatic heterocycles. The lowest BCUT2D eigenvalue weighted by Crippen LogP contribution is -2.32. The van der Waals surface area contributed by atoms with Gasteiger partial charge in [-0.3, -0.25) is 4.79 Å². The number of rotatable bonds is 9. The molecule has 0 aliphatic carbocycles. The highest BCUT2D eigenvalue weighted by atomic mass is 35.5. The van der Waals surface area contributed by atoms with Gasteiger partial charge in [-0.25, -0.2) is 13.1 Å². The number of sulfonamides is 1. The van der Waals surface area contributed by atoms with Crippen molar-refractivity contribution >= 4 is 27.5 Å². The lowest BCUT2D eigenvalue weighted by atomic mass is 10.1. The first-order valence-corrected chi connectivity index (χ1v) is 10.6. The van der Waals surface area contributed by atoms with Crippen LogP contribution in [0.3, 0.4) is 0 Å². The second-order valence-electron chi connectivity index (χ2n) is 6.60. The summed E-state index contributed by atoms with van der Waals surface area (Å²) in [6, 6.07) is 6.98. The van der Waals surface area contributed by atoms with Crippen LogP contribution in [0.15, 0.2) is 28.8 Å². The molecule has 7 nitrogen and oxygen atoms in total. The SMILES string of the molecule is Cc1noc(Cl)c1CCC(=O)NCc1ccccc1CS(=O)(=O)NC(C)C. The van der Waals surface area contributed by atoms with E-state index in [1.807, 2.05) is 12.1 Å². The fraction of sp³-hybridized carbons (Fsp3) is 0.444. The average molecular weight is 414 g/mol. The highest BCUT2D eigenvalue weighted by molar-refractivity contribution is 7.88. The smallest absolute Gasteiger partial charge is 0.229 e.